The molecule has 0 bridgehead atoms. The monoisotopic (exact) mass is 290 g/mol. The van der Waals surface area contributed by atoms with Crippen molar-refractivity contribution in [2.75, 3.05) is 19.6 Å². The van der Waals surface area contributed by atoms with Gasteiger partial charge in [0.05, 0.1) is 0 Å². The van der Waals surface area contributed by atoms with Gasteiger partial charge in [0.15, 0.2) is 5.54 Å². The SMILES string of the molecule is CCC1(CC)CCN(CC(N)(C(=O)O)c2ccccc2)C1. The second-order valence-electron chi connectivity index (χ2n) is 6.31. The molecule has 0 amide bonds. The van der Waals surface area contributed by atoms with Crippen molar-refractivity contribution in [3.8, 4) is 0 Å². The Labute approximate surface area is 126 Å². The maximum Gasteiger partial charge on any atom is 0.329 e. The molecule has 21 heavy (non-hydrogen) atoms. The first-order chi connectivity index (χ1) is 9.96. The molecule has 1 aromatic rings. The van der Waals surface area contributed by atoms with Gasteiger partial charge in [0.2, 0.25) is 0 Å². The van der Waals surface area contributed by atoms with Crippen LogP contribution in [0.4, 0.5) is 0 Å². The minimum absolute atomic E-state index is 0.329. The summed E-state index contributed by atoms with van der Waals surface area (Å²) < 4.78 is 0. The Kier molecular flexibility index (Phi) is 4.69. The number of carboxylic acid groups (broad SMARTS) is 1. The van der Waals surface area contributed by atoms with Gasteiger partial charge in [0, 0.05) is 13.1 Å². The Bertz CT molecular complexity index is 485. The fourth-order valence-electron chi connectivity index (χ4n) is 3.36. The molecule has 3 N–H and O–H groups in total. The van der Waals surface area contributed by atoms with Crippen molar-refractivity contribution >= 4 is 5.97 Å². The number of nitrogens with zero attached hydrogens (tertiary/aromatic N) is 1. The lowest BCUT2D eigenvalue weighted by atomic mass is 9.82. The van der Waals surface area contributed by atoms with Gasteiger partial charge in [-0.2, -0.15) is 0 Å². The van der Waals surface area contributed by atoms with Crippen LogP contribution in [0.3, 0.4) is 0 Å². The van der Waals surface area contributed by atoms with Crippen LogP contribution in [0.25, 0.3) is 0 Å². The molecule has 1 saturated heterocycles. The van der Waals surface area contributed by atoms with Crippen molar-refractivity contribution in [1.82, 2.24) is 4.90 Å². The lowest BCUT2D eigenvalue weighted by Gasteiger charge is -2.32. The van der Waals surface area contributed by atoms with Gasteiger partial charge in [-0.1, -0.05) is 44.2 Å². The van der Waals surface area contributed by atoms with E-state index in [-0.39, 0.29) is 0 Å². The van der Waals surface area contributed by atoms with Gasteiger partial charge in [0.25, 0.3) is 0 Å². The average Bonchev–Trinajstić information content (AvgIpc) is 2.91. The van der Waals surface area contributed by atoms with Crippen LogP contribution in [0, 0.1) is 5.41 Å². The van der Waals surface area contributed by atoms with Crippen LogP contribution in [0.5, 0.6) is 0 Å². The van der Waals surface area contributed by atoms with Crippen molar-refractivity contribution in [2.24, 2.45) is 11.1 Å². The molecule has 1 aromatic carbocycles. The summed E-state index contributed by atoms with van der Waals surface area (Å²) in [6.07, 6.45) is 3.40. The first-order valence-corrected chi connectivity index (χ1v) is 7.76. The van der Waals surface area contributed by atoms with Crippen LogP contribution in [0.1, 0.15) is 38.7 Å². The fraction of sp³-hybridized carbons (Fsp3) is 0.588. The van der Waals surface area contributed by atoms with Gasteiger partial charge in [-0.3, -0.25) is 4.90 Å². The standard InChI is InChI=1S/C17H26N2O2/c1-3-16(4-2)10-11-19(12-16)13-17(18,15(20)21)14-8-6-5-7-9-14/h5-9H,3-4,10-13,18H2,1-2H3,(H,20,21). The van der Waals surface area contributed by atoms with Crippen molar-refractivity contribution in [2.45, 2.75) is 38.6 Å². The molecule has 1 aliphatic heterocycles. The summed E-state index contributed by atoms with van der Waals surface area (Å²) in [6, 6.07) is 9.16. The molecule has 0 aromatic heterocycles. The number of nitrogens with two attached hydrogens (primary N) is 1. The van der Waals surface area contributed by atoms with Gasteiger partial charge in [-0.15, -0.1) is 0 Å². The number of rotatable bonds is 6. The molecule has 0 saturated carbocycles. The smallest absolute Gasteiger partial charge is 0.329 e. The van der Waals surface area contributed by atoms with Gasteiger partial charge < -0.3 is 10.8 Å². The molecular formula is C17H26N2O2. The Morgan fingerprint density at radius 1 is 1.33 bits per heavy atom. The highest BCUT2D eigenvalue weighted by Crippen LogP contribution is 2.38. The summed E-state index contributed by atoms with van der Waals surface area (Å²) in [6.45, 7) is 6.68. The Morgan fingerprint density at radius 2 is 1.95 bits per heavy atom. The van der Waals surface area contributed by atoms with Gasteiger partial charge in [0.1, 0.15) is 0 Å². The first kappa shape index (κ1) is 16.0. The third kappa shape index (κ3) is 3.11. The number of carboxylic acids is 1. The summed E-state index contributed by atoms with van der Waals surface area (Å²) in [5.41, 5.74) is 5.94. The van der Waals surface area contributed by atoms with Crippen molar-refractivity contribution in [3.05, 3.63) is 35.9 Å². The quantitative estimate of drug-likeness (QED) is 0.844. The maximum atomic E-state index is 11.8. The van der Waals surface area contributed by atoms with Crippen molar-refractivity contribution < 1.29 is 9.90 Å². The molecule has 1 atom stereocenters. The maximum absolute atomic E-state index is 11.8. The molecule has 4 heteroatoms. The van der Waals surface area contributed by atoms with Gasteiger partial charge >= 0.3 is 5.97 Å². The third-order valence-electron chi connectivity index (χ3n) is 5.16. The van der Waals surface area contributed by atoms with Crippen molar-refractivity contribution in [1.29, 1.82) is 0 Å². The molecular weight excluding hydrogens is 264 g/mol. The Morgan fingerprint density at radius 3 is 2.43 bits per heavy atom. The third-order valence-corrected chi connectivity index (χ3v) is 5.16. The molecule has 1 unspecified atom stereocenters. The Balaban J connectivity index is 2.17. The van der Waals surface area contributed by atoms with Gasteiger partial charge in [-0.05, 0) is 36.8 Å². The molecule has 2 rings (SSSR count). The van der Waals surface area contributed by atoms with Gasteiger partial charge in [-0.25, -0.2) is 4.79 Å². The average molecular weight is 290 g/mol. The molecule has 0 radical (unpaired) electrons. The number of benzene rings is 1. The van der Waals surface area contributed by atoms with E-state index in [1.54, 1.807) is 12.1 Å². The van der Waals surface area contributed by atoms with E-state index in [1.807, 2.05) is 18.2 Å². The Hall–Kier alpha value is -1.39. The normalized spacial score (nSPS) is 21.1. The lowest BCUT2D eigenvalue weighted by molar-refractivity contribution is -0.144. The zero-order chi connectivity index (χ0) is 15.5. The minimum Gasteiger partial charge on any atom is -0.480 e. The lowest BCUT2D eigenvalue weighted by Crippen LogP contribution is -2.53. The molecule has 1 aliphatic rings. The predicted octanol–water partition coefficient (Wildman–Crippen LogP) is 2.44. The number of hydrogen-bond acceptors (Lipinski definition) is 3. The fourth-order valence-corrected chi connectivity index (χ4v) is 3.36. The minimum atomic E-state index is -1.33. The first-order valence-electron chi connectivity index (χ1n) is 7.76. The number of likely N-dealkylation sites (tertiary alicyclic amines) is 1. The van der Waals surface area contributed by atoms with Crippen LogP contribution >= 0.6 is 0 Å². The highest BCUT2D eigenvalue weighted by Gasteiger charge is 2.42. The second kappa shape index (κ2) is 6.16. The molecule has 0 spiro atoms. The zero-order valence-corrected chi connectivity index (χ0v) is 13.0. The topological polar surface area (TPSA) is 66.6 Å². The van der Waals surface area contributed by atoms with E-state index in [4.69, 9.17) is 5.73 Å². The van der Waals surface area contributed by atoms with E-state index in [2.05, 4.69) is 18.7 Å². The summed E-state index contributed by atoms with van der Waals surface area (Å²) in [4.78, 5) is 14.0. The zero-order valence-electron chi connectivity index (χ0n) is 13.0. The van der Waals surface area contributed by atoms with Crippen LogP contribution in [-0.4, -0.2) is 35.6 Å². The van der Waals surface area contributed by atoms with Crippen LogP contribution in [-0.2, 0) is 10.3 Å². The molecule has 1 heterocycles. The highest BCUT2D eigenvalue weighted by molar-refractivity contribution is 5.80. The van der Waals surface area contributed by atoms with Crippen LogP contribution < -0.4 is 5.73 Å². The summed E-state index contributed by atoms with van der Waals surface area (Å²) in [5, 5.41) is 9.64. The second-order valence-corrected chi connectivity index (χ2v) is 6.31. The summed E-state index contributed by atoms with van der Waals surface area (Å²) >= 11 is 0. The number of carbonyl (C=O) groups is 1. The molecule has 1 fully saturated rings. The van der Waals surface area contributed by atoms with E-state index >= 15 is 0 Å². The molecule has 4 nitrogen and oxygen atoms in total. The number of aliphatic carboxylic acids is 1. The van der Waals surface area contributed by atoms with Crippen molar-refractivity contribution in [3.63, 3.8) is 0 Å². The van der Waals surface area contributed by atoms with E-state index in [9.17, 15) is 9.90 Å². The van der Waals surface area contributed by atoms with E-state index in [0.29, 0.717) is 17.5 Å². The number of hydrogen-bond donors (Lipinski definition) is 2. The predicted molar refractivity (Wildman–Crippen MR) is 84.0 cm³/mol. The summed E-state index contributed by atoms with van der Waals surface area (Å²) in [5.74, 6) is -0.959. The highest BCUT2D eigenvalue weighted by atomic mass is 16.4. The van der Waals surface area contributed by atoms with E-state index in [0.717, 1.165) is 32.4 Å². The van der Waals surface area contributed by atoms with E-state index < -0.39 is 11.5 Å². The molecule has 0 aliphatic carbocycles. The van der Waals surface area contributed by atoms with Crippen LogP contribution in [0.15, 0.2) is 30.3 Å². The largest absolute Gasteiger partial charge is 0.480 e. The molecule has 116 valence electrons. The van der Waals surface area contributed by atoms with Crippen LogP contribution in [0.2, 0.25) is 0 Å². The summed E-state index contributed by atoms with van der Waals surface area (Å²) in [7, 11) is 0. The van der Waals surface area contributed by atoms with E-state index in [1.165, 1.54) is 0 Å².